The Morgan fingerprint density at radius 1 is 1.41 bits per heavy atom. The first kappa shape index (κ1) is 14.3. The van der Waals surface area contributed by atoms with E-state index in [0.29, 0.717) is 17.4 Å². The molecule has 0 heterocycles. The molecule has 1 N–H and O–H groups in total. The number of aliphatic hydroxyl groups is 1. The summed E-state index contributed by atoms with van der Waals surface area (Å²) in [7, 11) is 1.63. The lowest BCUT2D eigenvalue weighted by atomic mass is 9.88. The van der Waals surface area contributed by atoms with Crippen LogP contribution in [0.25, 0.3) is 0 Å². The van der Waals surface area contributed by atoms with Crippen molar-refractivity contribution in [3.8, 4) is 5.75 Å². The minimum Gasteiger partial charge on any atom is -0.496 e. The summed E-state index contributed by atoms with van der Waals surface area (Å²) in [6.07, 6.45) is 1.30. The molecule has 0 aliphatic carbocycles. The molecule has 0 bridgehead atoms. The van der Waals surface area contributed by atoms with E-state index in [1.54, 1.807) is 13.2 Å². The Morgan fingerprint density at radius 3 is 2.59 bits per heavy atom. The molecule has 1 rings (SSSR count). The van der Waals surface area contributed by atoms with Gasteiger partial charge in [-0.3, -0.25) is 0 Å². The molecular weight excluding hydrogens is 236 g/mol. The van der Waals surface area contributed by atoms with Gasteiger partial charge in [0.15, 0.2) is 0 Å². The van der Waals surface area contributed by atoms with Gasteiger partial charge in [-0.25, -0.2) is 0 Å². The number of hydrogen-bond donors (Lipinski definition) is 1. The largest absolute Gasteiger partial charge is 0.496 e. The first-order valence-corrected chi connectivity index (χ1v) is 6.26. The minimum absolute atomic E-state index is 0.454. The highest BCUT2D eigenvalue weighted by Gasteiger charge is 2.24. The van der Waals surface area contributed by atoms with Crippen LogP contribution in [0.15, 0.2) is 18.2 Å². The van der Waals surface area contributed by atoms with Crippen LogP contribution in [-0.4, -0.2) is 17.8 Å². The lowest BCUT2D eigenvalue weighted by Crippen LogP contribution is -2.29. The molecule has 0 spiro atoms. The monoisotopic (exact) mass is 256 g/mol. The standard InChI is InChI=1S/C14H21ClO2/c1-10(2)8-14(3,16)9-11-7-12(15)5-6-13(11)17-4/h5-7,10,16H,8-9H2,1-4H3. The molecule has 3 heteroatoms. The average molecular weight is 257 g/mol. The highest BCUT2D eigenvalue weighted by Crippen LogP contribution is 2.29. The quantitative estimate of drug-likeness (QED) is 0.871. The van der Waals surface area contributed by atoms with Crippen molar-refractivity contribution in [3.05, 3.63) is 28.8 Å². The predicted octanol–water partition coefficient (Wildman–Crippen LogP) is 3.69. The molecule has 0 aliphatic heterocycles. The Bertz CT molecular complexity index is 372. The van der Waals surface area contributed by atoms with Crippen molar-refractivity contribution in [2.45, 2.75) is 39.2 Å². The number of halogens is 1. The van der Waals surface area contributed by atoms with E-state index in [4.69, 9.17) is 16.3 Å². The van der Waals surface area contributed by atoms with Crippen molar-refractivity contribution in [2.24, 2.45) is 5.92 Å². The summed E-state index contributed by atoms with van der Waals surface area (Å²) in [6, 6.07) is 5.49. The fraction of sp³-hybridized carbons (Fsp3) is 0.571. The van der Waals surface area contributed by atoms with E-state index >= 15 is 0 Å². The van der Waals surface area contributed by atoms with Gasteiger partial charge in [0.25, 0.3) is 0 Å². The van der Waals surface area contributed by atoms with Gasteiger partial charge < -0.3 is 9.84 Å². The summed E-state index contributed by atoms with van der Waals surface area (Å²) in [4.78, 5) is 0. The van der Waals surface area contributed by atoms with Gasteiger partial charge in [0.05, 0.1) is 12.7 Å². The summed E-state index contributed by atoms with van der Waals surface area (Å²) >= 11 is 5.97. The molecule has 1 atom stereocenters. The summed E-state index contributed by atoms with van der Waals surface area (Å²) in [6.45, 7) is 6.06. The number of methoxy groups -OCH3 is 1. The third kappa shape index (κ3) is 4.57. The smallest absolute Gasteiger partial charge is 0.122 e. The van der Waals surface area contributed by atoms with Crippen LogP contribution >= 0.6 is 11.6 Å². The molecule has 1 unspecified atom stereocenters. The number of hydrogen-bond acceptors (Lipinski definition) is 2. The van der Waals surface area contributed by atoms with Crippen molar-refractivity contribution in [1.29, 1.82) is 0 Å². The van der Waals surface area contributed by atoms with E-state index in [1.807, 2.05) is 19.1 Å². The Kier molecular flexibility index (Phi) is 4.84. The summed E-state index contributed by atoms with van der Waals surface area (Å²) in [5, 5.41) is 11.0. The Hall–Kier alpha value is -0.730. The number of rotatable bonds is 5. The van der Waals surface area contributed by atoms with E-state index in [-0.39, 0.29) is 0 Å². The molecule has 0 radical (unpaired) electrons. The maximum absolute atomic E-state index is 10.4. The Balaban J connectivity index is 2.89. The zero-order chi connectivity index (χ0) is 13.1. The third-order valence-corrected chi connectivity index (χ3v) is 2.90. The van der Waals surface area contributed by atoms with Gasteiger partial charge in [0.1, 0.15) is 5.75 Å². The maximum Gasteiger partial charge on any atom is 0.122 e. The summed E-state index contributed by atoms with van der Waals surface area (Å²) < 4.78 is 5.28. The fourth-order valence-corrected chi connectivity index (χ4v) is 2.44. The SMILES string of the molecule is COc1ccc(Cl)cc1CC(C)(O)CC(C)C. The number of ether oxygens (including phenoxy) is 1. The van der Waals surface area contributed by atoms with E-state index in [9.17, 15) is 5.11 Å². The highest BCUT2D eigenvalue weighted by molar-refractivity contribution is 6.30. The molecule has 0 saturated heterocycles. The van der Waals surface area contributed by atoms with Crippen LogP contribution in [0.5, 0.6) is 5.75 Å². The average Bonchev–Trinajstić information content (AvgIpc) is 2.14. The lowest BCUT2D eigenvalue weighted by Gasteiger charge is -2.26. The van der Waals surface area contributed by atoms with Crippen LogP contribution in [-0.2, 0) is 6.42 Å². The van der Waals surface area contributed by atoms with Gasteiger partial charge in [-0.1, -0.05) is 25.4 Å². The highest BCUT2D eigenvalue weighted by atomic mass is 35.5. The Morgan fingerprint density at radius 2 is 2.06 bits per heavy atom. The molecule has 0 saturated carbocycles. The molecule has 17 heavy (non-hydrogen) atoms. The molecule has 0 aliphatic rings. The van der Waals surface area contributed by atoms with E-state index < -0.39 is 5.60 Å². The zero-order valence-corrected chi connectivity index (χ0v) is 11.7. The topological polar surface area (TPSA) is 29.5 Å². The lowest BCUT2D eigenvalue weighted by molar-refractivity contribution is 0.0383. The molecule has 1 aromatic rings. The van der Waals surface area contributed by atoms with Crippen molar-refractivity contribution >= 4 is 11.6 Å². The fourth-order valence-electron chi connectivity index (χ4n) is 2.25. The first-order chi connectivity index (χ1) is 7.84. The van der Waals surface area contributed by atoms with Gasteiger partial charge in [-0.2, -0.15) is 0 Å². The third-order valence-electron chi connectivity index (χ3n) is 2.66. The van der Waals surface area contributed by atoms with E-state index in [2.05, 4.69) is 13.8 Å². The van der Waals surface area contributed by atoms with Crippen LogP contribution < -0.4 is 4.74 Å². The zero-order valence-electron chi connectivity index (χ0n) is 11.0. The molecule has 1 aromatic carbocycles. The van der Waals surface area contributed by atoms with Crippen molar-refractivity contribution in [1.82, 2.24) is 0 Å². The van der Waals surface area contributed by atoms with Gasteiger partial charge >= 0.3 is 0 Å². The summed E-state index contributed by atoms with van der Waals surface area (Å²) in [5.41, 5.74) is 0.220. The van der Waals surface area contributed by atoms with Gasteiger partial charge in [0.2, 0.25) is 0 Å². The van der Waals surface area contributed by atoms with Gasteiger partial charge in [0, 0.05) is 11.4 Å². The van der Waals surface area contributed by atoms with Crippen molar-refractivity contribution in [3.63, 3.8) is 0 Å². The summed E-state index contributed by atoms with van der Waals surface area (Å²) in [5.74, 6) is 1.23. The van der Waals surface area contributed by atoms with Crippen LogP contribution in [0.3, 0.4) is 0 Å². The first-order valence-electron chi connectivity index (χ1n) is 5.89. The normalized spacial score (nSPS) is 14.8. The Labute approximate surface area is 109 Å². The second-order valence-electron chi connectivity index (χ2n) is 5.23. The van der Waals surface area contributed by atoms with Gasteiger partial charge in [-0.05, 0) is 43.0 Å². The van der Waals surface area contributed by atoms with Crippen LogP contribution in [0, 0.1) is 5.92 Å². The van der Waals surface area contributed by atoms with Crippen LogP contribution in [0.1, 0.15) is 32.8 Å². The molecule has 0 aromatic heterocycles. The van der Waals surface area contributed by atoms with Crippen LogP contribution in [0.2, 0.25) is 5.02 Å². The molecule has 0 amide bonds. The van der Waals surface area contributed by atoms with E-state index in [0.717, 1.165) is 17.7 Å². The second-order valence-corrected chi connectivity index (χ2v) is 5.66. The van der Waals surface area contributed by atoms with Crippen molar-refractivity contribution in [2.75, 3.05) is 7.11 Å². The molecule has 0 fully saturated rings. The maximum atomic E-state index is 10.4. The number of benzene rings is 1. The predicted molar refractivity (Wildman–Crippen MR) is 71.8 cm³/mol. The van der Waals surface area contributed by atoms with Crippen molar-refractivity contribution < 1.29 is 9.84 Å². The van der Waals surface area contributed by atoms with Gasteiger partial charge in [-0.15, -0.1) is 0 Å². The molecule has 2 nitrogen and oxygen atoms in total. The minimum atomic E-state index is -0.730. The van der Waals surface area contributed by atoms with Crippen LogP contribution in [0.4, 0.5) is 0 Å². The molecule has 96 valence electrons. The molecular formula is C14H21ClO2. The van der Waals surface area contributed by atoms with E-state index in [1.165, 1.54) is 0 Å². The second kappa shape index (κ2) is 5.74.